The number of hydrogen-bond donors (Lipinski definition) is 1. The number of carbonyl (C=O) groups is 1. The number of ether oxygens (including phenoxy) is 15. The fourth-order valence-corrected chi connectivity index (χ4v) is 12.6. The number of aliphatic hydroxyl groups is 1. The van der Waals surface area contributed by atoms with Gasteiger partial charge in [0.05, 0.1) is 79.3 Å². The monoisotopic (exact) mass is 1360 g/mol. The largest absolute Gasteiger partial charge is 0.454 e. The van der Waals surface area contributed by atoms with Crippen molar-refractivity contribution in [2.24, 2.45) is 0 Å². The maximum absolute atomic E-state index is 14.0. The van der Waals surface area contributed by atoms with E-state index in [0.717, 1.165) is 50.1 Å². The molecule has 17 nitrogen and oxygen atoms in total. The van der Waals surface area contributed by atoms with E-state index in [9.17, 15) is 9.90 Å². The Morgan fingerprint density at radius 2 is 0.500 bits per heavy atom. The van der Waals surface area contributed by atoms with E-state index in [4.69, 9.17) is 71.1 Å². The zero-order chi connectivity index (χ0) is 68.3. The minimum Gasteiger partial charge on any atom is -0.454 e. The molecule has 0 spiro atoms. The zero-order valence-corrected chi connectivity index (χ0v) is 56.1. The fourth-order valence-electron chi connectivity index (χ4n) is 12.6. The number of rotatable bonds is 35. The highest BCUT2D eigenvalue weighted by Gasteiger charge is 2.58. The first-order chi connectivity index (χ1) is 49.3. The molecule has 0 aromatic heterocycles. The summed E-state index contributed by atoms with van der Waals surface area (Å²) in [6, 6.07) is 88.0. The van der Waals surface area contributed by atoms with Gasteiger partial charge in [0, 0.05) is 6.92 Å². The third-order valence-electron chi connectivity index (χ3n) is 17.6. The van der Waals surface area contributed by atoms with Crippen molar-refractivity contribution in [3.63, 3.8) is 0 Å². The Hall–Kier alpha value is -8.15. The molecule has 522 valence electrons. The van der Waals surface area contributed by atoms with Gasteiger partial charge in [0.15, 0.2) is 25.0 Å². The highest BCUT2D eigenvalue weighted by Crippen LogP contribution is 2.40. The van der Waals surface area contributed by atoms with Crippen LogP contribution in [0.2, 0.25) is 0 Å². The zero-order valence-electron chi connectivity index (χ0n) is 56.1. The second kappa shape index (κ2) is 38.0. The van der Waals surface area contributed by atoms with Crippen LogP contribution >= 0.6 is 0 Å². The Balaban J connectivity index is 0.975. The SMILES string of the molecule is CC(=O)O[C@@H]1[C@H](O[C@@H]2[C@H](O[C@H]3[C@@H](OCc4ccccc4)[C@H](OCc4ccccc4)[C@@H](COCc4ccccc4)O[C@@H]3O)O[C@H](COCc3ccccc3)[C@@H](OCc3ccccc3)[C@@H]2OCc2ccccc2)O[C@H](COCc2ccccc2)[C@@H](OCc2ccccc2)[C@@H]1OCc1ccccc1. The number of carbonyl (C=O) groups excluding carboxylic acids is 1. The van der Waals surface area contributed by atoms with E-state index in [-0.39, 0.29) is 79.3 Å². The molecular weight excluding hydrogens is 1270 g/mol. The molecule has 9 aromatic carbocycles. The van der Waals surface area contributed by atoms with E-state index < -0.39 is 98.1 Å². The van der Waals surface area contributed by atoms with Gasteiger partial charge in [-0.05, 0) is 50.1 Å². The Morgan fingerprint density at radius 3 is 0.780 bits per heavy atom. The smallest absolute Gasteiger partial charge is 0.303 e. The van der Waals surface area contributed by atoms with E-state index in [1.54, 1.807) is 0 Å². The van der Waals surface area contributed by atoms with Crippen LogP contribution in [0.25, 0.3) is 0 Å². The molecule has 100 heavy (non-hydrogen) atoms. The van der Waals surface area contributed by atoms with Crippen LogP contribution in [-0.4, -0.2) is 123 Å². The van der Waals surface area contributed by atoms with Crippen LogP contribution in [0.1, 0.15) is 57.0 Å². The highest BCUT2D eigenvalue weighted by molar-refractivity contribution is 5.66. The molecule has 3 aliphatic heterocycles. The third kappa shape index (κ3) is 21.0. The van der Waals surface area contributed by atoms with Crippen molar-refractivity contribution in [3.8, 4) is 0 Å². The molecule has 0 radical (unpaired) electrons. The van der Waals surface area contributed by atoms with Gasteiger partial charge in [0.25, 0.3) is 0 Å². The quantitative estimate of drug-likeness (QED) is 0.0371. The Labute approximate surface area is 585 Å². The number of hydrogen-bond acceptors (Lipinski definition) is 17. The van der Waals surface area contributed by atoms with Crippen molar-refractivity contribution in [2.45, 2.75) is 159 Å². The first-order valence-corrected chi connectivity index (χ1v) is 34.2. The summed E-state index contributed by atoms with van der Waals surface area (Å²) in [5, 5.41) is 12.9. The van der Waals surface area contributed by atoms with Crippen molar-refractivity contribution in [2.75, 3.05) is 19.8 Å². The van der Waals surface area contributed by atoms with Crippen LogP contribution in [0.4, 0.5) is 0 Å². The predicted molar refractivity (Wildman–Crippen MR) is 372 cm³/mol. The van der Waals surface area contributed by atoms with Gasteiger partial charge in [-0.25, -0.2) is 0 Å². The molecule has 0 amide bonds. The van der Waals surface area contributed by atoms with Crippen molar-refractivity contribution >= 4 is 5.97 Å². The lowest BCUT2D eigenvalue weighted by atomic mass is 9.95. The molecule has 3 heterocycles. The second-order valence-electron chi connectivity index (χ2n) is 25.0. The summed E-state index contributed by atoms with van der Waals surface area (Å²) < 4.78 is 105. The highest BCUT2D eigenvalue weighted by atomic mass is 16.8. The summed E-state index contributed by atoms with van der Waals surface area (Å²) in [7, 11) is 0. The topological polar surface area (TPSA) is 176 Å². The predicted octanol–water partition coefficient (Wildman–Crippen LogP) is 13.0. The molecule has 0 unspecified atom stereocenters. The Morgan fingerprint density at radius 1 is 0.280 bits per heavy atom. The van der Waals surface area contributed by atoms with Gasteiger partial charge in [-0.15, -0.1) is 0 Å². The number of esters is 1. The van der Waals surface area contributed by atoms with Crippen molar-refractivity contribution < 1.29 is 81.0 Å². The van der Waals surface area contributed by atoms with E-state index >= 15 is 0 Å². The summed E-state index contributed by atoms with van der Waals surface area (Å²) >= 11 is 0. The molecule has 0 aliphatic carbocycles. The van der Waals surface area contributed by atoms with Crippen molar-refractivity contribution in [1.29, 1.82) is 0 Å². The standard InChI is InChI=1S/C83H88O17/c1-59(84)95-79-76(93-54-67-43-25-9-26-44-67)73(90-51-64-37-19-6-20-38-64)70(57-87-48-61-31-13-3-14-32-61)97-82(79)100-80-77(94-55-68-45-27-10-28-46-68)74(91-52-65-39-21-7-22-40-65)71(58-88-49-62-33-15-4-16-34-62)98-83(80)99-78-75(92-53-66-41-23-8-24-42-66)72(89-50-63-35-17-5-18-36-63)69(96-81(78)85)56-86-47-60-29-11-2-12-30-60/h2-46,69-83,85H,47-58H2,1H3/t69-,70-,71-,72-,73-,74-,75+,76+,77+,78+,79+,80+,81+,82+,83+/m1/s1. The van der Waals surface area contributed by atoms with Gasteiger partial charge >= 0.3 is 5.97 Å². The summed E-state index contributed by atoms with van der Waals surface area (Å²) in [5.41, 5.74) is 7.99. The summed E-state index contributed by atoms with van der Waals surface area (Å²) in [6.07, 6.45) is -18.0. The molecule has 3 aliphatic rings. The average molecular weight is 1360 g/mol. The third-order valence-corrected chi connectivity index (χ3v) is 17.6. The van der Waals surface area contributed by atoms with Gasteiger partial charge in [0.2, 0.25) is 0 Å². The van der Waals surface area contributed by atoms with Crippen LogP contribution in [0, 0.1) is 0 Å². The fraction of sp³-hybridized carbons (Fsp3) is 0.337. The first kappa shape index (κ1) is 71.7. The molecular formula is C83H88O17. The molecule has 0 bridgehead atoms. The summed E-state index contributed by atoms with van der Waals surface area (Å²) in [5.74, 6) is -0.648. The number of aliphatic hydroxyl groups excluding tert-OH is 1. The van der Waals surface area contributed by atoms with E-state index in [2.05, 4.69) is 0 Å². The summed E-state index contributed by atoms with van der Waals surface area (Å²) in [4.78, 5) is 14.0. The molecule has 3 saturated heterocycles. The van der Waals surface area contributed by atoms with Crippen LogP contribution in [-0.2, 0) is 135 Å². The maximum atomic E-state index is 14.0. The number of benzene rings is 9. The maximum Gasteiger partial charge on any atom is 0.303 e. The Bertz CT molecular complexity index is 3730. The first-order valence-electron chi connectivity index (χ1n) is 34.2. The van der Waals surface area contributed by atoms with Crippen LogP contribution < -0.4 is 0 Å². The lowest BCUT2D eigenvalue weighted by molar-refractivity contribution is -0.402. The van der Waals surface area contributed by atoms with Gasteiger partial charge < -0.3 is 76.2 Å². The minimum absolute atomic E-state index is 0.00199. The summed E-state index contributed by atoms with van der Waals surface area (Å²) in [6.45, 7) is 2.55. The Kier molecular flexibility index (Phi) is 27.3. The van der Waals surface area contributed by atoms with Gasteiger partial charge in [-0.3, -0.25) is 4.79 Å². The molecule has 0 saturated carbocycles. The van der Waals surface area contributed by atoms with Gasteiger partial charge in [-0.1, -0.05) is 273 Å². The molecule has 1 N–H and O–H groups in total. The average Bonchev–Trinajstić information content (AvgIpc) is 0.761. The lowest BCUT2D eigenvalue weighted by Gasteiger charge is -2.51. The van der Waals surface area contributed by atoms with Crippen LogP contribution in [0.15, 0.2) is 273 Å². The molecule has 9 aromatic rings. The van der Waals surface area contributed by atoms with Gasteiger partial charge in [0.1, 0.15) is 67.1 Å². The van der Waals surface area contributed by atoms with Crippen LogP contribution in [0.5, 0.6) is 0 Å². The van der Waals surface area contributed by atoms with E-state index in [0.29, 0.717) is 0 Å². The molecule has 17 heteroatoms. The molecule has 12 rings (SSSR count). The molecule has 15 atom stereocenters. The van der Waals surface area contributed by atoms with Gasteiger partial charge in [-0.2, -0.15) is 0 Å². The second-order valence-corrected chi connectivity index (χ2v) is 25.0. The van der Waals surface area contributed by atoms with Crippen molar-refractivity contribution in [3.05, 3.63) is 323 Å². The van der Waals surface area contributed by atoms with E-state index in [1.165, 1.54) is 6.92 Å². The van der Waals surface area contributed by atoms with Crippen LogP contribution in [0.3, 0.4) is 0 Å². The molecule has 3 fully saturated rings. The van der Waals surface area contributed by atoms with E-state index in [1.807, 2.05) is 273 Å². The minimum atomic E-state index is -1.71. The normalized spacial score (nSPS) is 25.2. The lowest BCUT2D eigenvalue weighted by Crippen LogP contribution is -2.68. The van der Waals surface area contributed by atoms with Crippen molar-refractivity contribution in [1.82, 2.24) is 0 Å².